The Hall–Kier alpha value is -2.42. The Morgan fingerprint density at radius 1 is 1.14 bits per heavy atom. The lowest BCUT2D eigenvalue weighted by Crippen LogP contribution is -2.40. The molecule has 1 saturated heterocycles. The molecule has 8 heteroatoms. The molecule has 2 aromatic rings. The van der Waals surface area contributed by atoms with Gasteiger partial charge in [-0.1, -0.05) is 18.2 Å². The van der Waals surface area contributed by atoms with E-state index in [0.29, 0.717) is 32.1 Å². The summed E-state index contributed by atoms with van der Waals surface area (Å²) in [5, 5.41) is 0. The first-order chi connectivity index (χ1) is 13.9. The van der Waals surface area contributed by atoms with Crippen LogP contribution in [0.4, 0.5) is 5.69 Å². The maximum Gasteiger partial charge on any atom is 0.262 e. The number of benzene rings is 2. The predicted octanol–water partition coefficient (Wildman–Crippen LogP) is 2.31. The van der Waals surface area contributed by atoms with Crippen molar-refractivity contribution in [1.82, 2.24) is 4.31 Å². The second-order valence-electron chi connectivity index (χ2n) is 7.24. The van der Waals surface area contributed by atoms with Crippen LogP contribution in [-0.4, -0.2) is 58.1 Å². The normalized spacial score (nSPS) is 19.8. The molecule has 4 rings (SSSR count). The van der Waals surface area contributed by atoms with E-state index in [-0.39, 0.29) is 22.4 Å². The maximum atomic E-state index is 13.5. The molecule has 0 N–H and O–H groups in total. The van der Waals surface area contributed by atoms with Gasteiger partial charge in [-0.15, -0.1) is 0 Å². The summed E-state index contributed by atoms with van der Waals surface area (Å²) >= 11 is 0. The Morgan fingerprint density at radius 3 is 2.59 bits per heavy atom. The highest BCUT2D eigenvalue weighted by atomic mass is 32.2. The molecule has 2 heterocycles. The third kappa shape index (κ3) is 3.52. The van der Waals surface area contributed by atoms with E-state index in [0.717, 1.165) is 17.7 Å². The highest BCUT2D eigenvalue weighted by molar-refractivity contribution is 7.89. The summed E-state index contributed by atoms with van der Waals surface area (Å²) in [4.78, 5) is 15.3. The molecule has 0 radical (unpaired) electrons. The number of morpholine rings is 1. The fraction of sp³-hybridized carbons (Fsp3) is 0.381. The van der Waals surface area contributed by atoms with E-state index in [1.807, 2.05) is 31.2 Å². The van der Waals surface area contributed by atoms with Crippen LogP contribution in [0.25, 0.3) is 0 Å². The molecule has 2 aromatic carbocycles. The van der Waals surface area contributed by atoms with Crippen molar-refractivity contribution < 1.29 is 22.7 Å². The molecule has 0 bridgehead atoms. The molecule has 1 amide bonds. The van der Waals surface area contributed by atoms with Crippen molar-refractivity contribution in [2.24, 2.45) is 0 Å². The van der Waals surface area contributed by atoms with Gasteiger partial charge in [0.25, 0.3) is 5.91 Å². The summed E-state index contributed by atoms with van der Waals surface area (Å²) in [6.45, 7) is 3.31. The van der Waals surface area contributed by atoms with E-state index in [2.05, 4.69) is 0 Å². The molecule has 2 aliphatic rings. The summed E-state index contributed by atoms with van der Waals surface area (Å²) in [5.74, 6) is 0.0887. The number of sulfonamides is 1. The molecule has 1 atom stereocenters. The molecular formula is C21H24N2O5S. The molecule has 0 aliphatic carbocycles. The van der Waals surface area contributed by atoms with E-state index in [1.54, 1.807) is 11.0 Å². The Labute approximate surface area is 170 Å². The first kappa shape index (κ1) is 19.9. The molecule has 154 valence electrons. The summed E-state index contributed by atoms with van der Waals surface area (Å²) < 4.78 is 38.1. The number of anilines is 1. The average Bonchev–Trinajstić information content (AvgIpc) is 3.09. The molecule has 0 aromatic heterocycles. The summed E-state index contributed by atoms with van der Waals surface area (Å²) in [6, 6.07) is 12.2. The van der Waals surface area contributed by atoms with Crippen molar-refractivity contribution in [3.63, 3.8) is 0 Å². The standard InChI is InChI=1S/C21H24N2O5S/c1-15-13-16-5-3-4-6-19(16)23(15)21(24)18-14-17(7-8-20(18)27-2)29(25,26)22-9-11-28-12-10-22/h3-8,14-15H,9-13H2,1-2H3. The van der Waals surface area contributed by atoms with Crippen LogP contribution in [0.1, 0.15) is 22.8 Å². The highest BCUT2D eigenvalue weighted by Gasteiger charge is 2.34. The first-order valence-electron chi connectivity index (χ1n) is 9.61. The van der Waals surface area contributed by atoms with Crippen LogP contribution in [0.5, 0.6) is 5.75 Å². The predicted molar refractivity (Wildman–Crippen MR) is 109 cm³/mol. The number of amides is 1. The number of fused-ring (bicyclic) bond motifs is 1. The van der Waals surface area contributed by atoms with Crippen molar-refractivity contribution in [1.29, 1.82) is 0 Å². The minimum Gasteiger partial charge on any atom is -0.496 e. The number of methoxy groups -OCH3 is 1. The van der Waals surface area contributed by atoms with Crippen LogP contribution in [0.15, 0.2) is 47.4 Å². The molecule has 1 unspecified atom stereocenters. The van der Waals surface area contributed by atoms with Gasteiger partial charge in [-0.05, 0) is 43.2 Å². The van der Waals surface area contributed by atoms with Gasteiger partial charge in [0.2, 0.25) is 10.0 Å². The topological polar surface area (TPSA) is 76.1 Å². The lowest BCUT2D eigenvalue weighted by Gasteiger charge is -2.27. The second kappa shape index (κ2) is 7.78. The van der Waals surface area contributed by atoms with Crippen LogP contribution >= 0.6 is 0 Å². The van der Waals surface area contributed by atoms with Gasteiger partial charge in [0, 0.05) is 24.8 Å². The monoisotopic (exact) mass is 416 g/mol. The summed E-state index contributed by atoms with van der Waals surface area (Å²) in [7, 11) is -2.24. The van der Waals surface area contributed by atoms with Crippen LogP contribution in [0.3, 0.4) is 0 Å². The fourth-order valence-electron chi connectivity index (χ4n) is 3.96. The van der Waals surface area contributed by atoms with Gasteiger partial charge >= 0.3 is 0 Å². The number of hydrogen-bond acceptors (Lipinski definition) is 5. The number of hydrogen-bond donors (Lipinski definition) is 0. The minimum absolute atomic E-state index is 0.0240. The fourth-order valence-corrected chi connectivity index (χ4v) is 5.39. The van der Waals surface area contributed by atoms with E-state index in [9.17, 15) is 13.2 Å². The Bertz CT molecular complexity index is 1030. The quantitative estimate of drug-likeness (QED) is 0.765. The van der Waals surface area contributed by atoms with E-state index < -0.39 is 10.0 Å². The molecule has 7 nitrogen and oxygen atoms in total. The zero-order valence-corrected chi connectivity index (χ0v) is 17.3. The lowest BCUT2D eigenvalue weighted by molar-refractivity contribution is 0.0730. The number of rotatable bonds is 4. The number of carbonyl (C=O) groups excluding carboxylic acids is 1. The second-order valence-corrected chi connectivity index (χ2v) is 9.17. The molecule has 0 saturated carbocycles. The number of carbonyl (C=O) groups is 1. The van der Waals surface area contributed by atoms with Crippen molar-refractivity contribution in [3.8, 4) is 5.75 Å². The smallest absolute Gasteiger partial charge is 0.262 e. The van der Waals surface area contributed by atoms with Gasteiger partial charge in [-0.25, -0.2) is 8.42 Å². The summed E-state index contributed by atoms with van der Waals surface area (Å²) in [6.07, 6.45) is 0.760. The SMILES string of the molecule is COc1ccc(S(=O)(=O)N2CCOCC2)cc1C(=O)N1c2ccccc2CC1C. The third-order valence-corrected chi connectivity index (χ3v) is 7.33. The Balaban J connectivity index is 1.74. The highest BCUT2D eigenvalue weighted by Crippen LogP contribution is 2.35. The zero-order valence-electron chi connectivity index (χ0n) is 16.5. The largest absolute Gasteiger partial charge is 0.496 e. The summed E-state index contributed by atoms with van der Waals surface area (Å²) in [5.41, 5.74) is 2.20. The van der Waals surface area contributed by atoms with E-state index in [4.69, 9.17) is 9.47 Å². The molecular weight excluding hydrogens is 392 g/mol. The number of nitrogens with zero attached hydrogens (tertiary/aromatic N) is 2. The van der Waals surface area contributed by atoms with Crippen LogP contribution in [0, 0.1) is 0 Å². The van der Waals surface area contributed by atoms with Gasteiger partial charge in [0.15, 0.2) is 0 Å². The Kier molecular flexibility index (Phi) is 5.33. The lowest BCUT2D eigenvalue weighted by atomic mass is 10.1. The van der Waals surface area contributed by atoms with Gasteiger partial charge < -0.3 is 14.4 Å². The zero-order chi connectivity index (χ0) is 20.6. The van der Waals surface area contributed by atoms with Crippen molar-refractivity contribution in [2.75, 3.05) is 38.3 Å². The van der Waals surface area contributed by atoms with Crippen LogP contribution < -0.4 is 9.64 Å². The van der Waals surface area contributed by atoms with Gasteiger partial charge in [0.05, 0.1) is 30.8 Å². The Morgan fingerprint density at radius 2 is 1.86 bits per heavy atom. The minimum atomic E-state index is -3.71. The van der Waals surface area contributed by atoms with Crippen molar-refractivity contribution in [2.45, 2.75) is 24.3 Å². The molecule has 0 spiro atoms. The van der Waals surface area contributed by atoms with Crippen LogP contribution in [-0.2, 0) is 21.2 Å². The molecule has 1 fully saturated rings. The van der Waals surface area contributed by atoms with Crippen molar-refractivity contribution >= 4 is 21.6 Å². The van der Waals surface area contributed by atoms with E-state index >= 15 is 0 Å². The number of para-hydroxylation sites is 1. The average molecular weight is 416 g/mol. The van der Waals surface area contributed by atoms with Crippen LogP contribution in [0.2, 0.25) is 0 Å². The molecule has 29 heavy (non-hydrogen) atoms. The van der Waals surface area contributed by atoms with Gasteiger partial charge in [-0.3, -0.25) is 4.79 Å². The molecule has 2 aliphatic heterocycles. The number of ether oxygens (including phenoxy) is 2. The maximum absolute atomic E-state index is 13.5. The third-order valence-electron chi connectivity index (χ3n) is 5.44. The first-order valence-corrected chi connectivity index (χ1v) is 11.0. The van der Waals surface area contributed by atoms with Crippen molar-refractivity contribution in [3.05, 3.63) is 53.6 Å². The van der Waals surface area contributed by atoms with Gasteiger partial charge in [0.1, 0.15) is 5.75 Å². The van der Waals surface area contributed by atoms with E-state index in [1.165, 1.54) is 23.5 Å². The van der Waals surface area contributed by atoms with Gasteiger partial charge in [-0.2, -0.15) is 4.31 Å².